The molecule has 102 valence electrons. The summed E-state index contributed by atoms with van der Waals surface area (Å²) in [5, 5.41) is 10.2. The highest BCUT2D eigenvalue weighted by Crippen LogP contribution is 2.18. The number of nitrogens with one attached hydrogen (secondary N) is 1. The Labute approximate surface area is 122 Å². The Hall–Kier alpha value is -1.91. The molecule has 3 rings (SSSR count). The van der Waals surface area contributed by atoms with Crippen LogP contribution in [-0.4, -0.2) is 9.78 Å². The zero-order chi connectivity index (χ0) is 13.8. The van der Waals surface area contributed by atoms with E-state index in [0.29, 0.717) is 6.04 Å². The Balaban J connectivity index is 1.63. The molecular formula is C16H17N3S. The van der Waals surface area contributed by atoms with E-state index < -0.39 is 0 Å². The summed E-state index contributed by atoms with van der Waals surface area (Å²) in [4.78, 5) is 1.35. The Morgan fingerprint density at radius 1 is 1.15 bits per heavy atom. The standard InChI is InChI=1S/C16H17N3S/c1-13(16-8-5-11-20-16)17-12-14-9-10-19(18-14)15-6-3-2-4-7-15/h2-11,13,17H,12H2,1H3/t13-/m1/s1. The minimum Gasteiger partial charge on any atom is -0.304 e. The average Bonchev–Trinajstić information content (AvgIpc) is 3.17. The van der Waals surface area contributed by atoms with E-state index in [0.717, 1.165) is 17.9 Å². The fourth-order valence-corrected chi connectivity index (χ4v) is 2.84. The number of thiophene rings is 1. The van der Waals surface area contributed by atoms with Crippen LogP contribution in [0.4, 0.5) is 0 Å². The van der Waals surface area contributed by atoms with Crippen LogP contribution in [0.2, 0.25) is 0 Å². The van der Waals surface area contributed by atoms with Crippen molar-refractivity contribution in [2.24, 2.45) is 0 Å². The van der Waals surface area contributed by atoms with Crippen LogP contribution in [0.3, 0.4) is 0 Å². The molecule has 0 saturated carbocycles. The molecule has 0 spiro atoms. The predicted octanol–water partition coefficient (Wildman–Crippen LogP) is 3.78. The third-order valence-corrected chi connectivity index (χ3v) is 4.28. The fraction of sp³-hybridized carbons (Fsp3) is 0.188. The molecule has 0 aliphatic heterocycles. The van der Waals surface area contributed by atoms with Crippen LogP contribution in [0, 0.1) is 0 Å². The van der Waals surface area contributed by atoms with E-state index in [9.17, 15) is 0 Å². The van der Waals surface area contributed by atoms with Crippen molar-refractivity contribution in [1.29, 1.82) is 0 Å². The molecule has 1 atom stereocenters. The average molecular weight is 283 g/mol. The van der Waals surface area contributed by atoms with E-state index in [1.165, 1.54) is 4.88 Å². The topological polar surface area (TPSA) is 29.9 Å². The van der Waals surface area contributed by atoms with Crippen molar-refractivity contribution >= 4 is 11.3 Å². The Kier molecular flexibility index (Phi) is 3.95. The van der Waals surface area contributed by atoms with Crippen molar-refractivity contribution in [2.75, 3.05) is 0 Å². The SMILES string of the molecule is C[C@@H](NCc1ccn(-c2ccccc2)n1)c1cccs1. The maximum absolute atomic E-state index is 4.59. The Morgan fingerprint density at radius 2 is 2.00 bits per heavy atom. The van der Waals surface area contributed by atoms with Crippen LogP contribution >= 0.6 is 11.3 Å². The smallest absolute Gasteiger partial charge is 0.0767 e. The molecule has 2 aromatic heterocycles. The van der Waals surface area contributed by atoms with E-state index in [1.54, 1.807) is 11.3 Å². The summed E-state index contributed by atoms with van der Waals surface area (Å²) in [6.07, 6.45) is 2.00. The zero-order valence-corrected chi connectivity index (χ0v) is 12.2. The van der Waals surface area contributed by atoms with Gasteiger partial charge in [-0.1, -0.05) is 24.3 Å². The molecule has 3 nitrogen and oxygen atoms in total. The lowest BCUT2D eigenvalue weighted by atomic mass is 10.2. The summed E-state index contributed by atoms with van der Waals surface area (Å²) in [6, 6.07) is 16.8. The van der Waals surface area contributed by atoms with Gasteiger partial charge in [-0.3, -0.25) is 0 Å². The first kappa shape index (κ1) is 13.1. The first-order chi connectivity index (χ1) is 9.83. The molecule has 20 heavy (non-hydrogen) atoms. The van der Waals surface area contributed by atoms with E-state index in [-0.39, 0.29) is 0 Å². The van der Waals surface area contributed by atoms with Crippen LogP contribution < -0.4 is 5.32 Å². The van der Waals surface area contributed by atoms with Gasteiger partial charge in [0.25, 0.3) is 0 Å². The van der Waals surface area contributed by atoms with Gasteiger partial charge in [0.1, 0.15) is 0 Å². The molecule has 0 radical (unpaired) electrons. The first-order valence-corrected chi connectivity index (χ1v) is 7.57. The summed E-state index contributed by atoms with van der Waals surface area (Å²) in [5.41, 5.74) is 2.14. The summed E-state index contributed by atoms with van der Waals surface area (Å²) >= 11 is 1.78. The van der Waals surface area contributed by atoms with E-state index in [4.69, 9.17) is 0 Å². The van der Waals surface area contributed by atoms with E-state index in [2.05, 4.69) is 53.1 Å². The molecule has 2 heterocycles. The summed E-state index contributed by atoms with van der Waals surface area (Å²) in [5.74, 6) is 0. The van der Waals surface area contributed by atoms with Crippen molar-refractivity contribution in [2.45, 2.75) is 19.5 Å². The van der Waals surface area contributed by atoms with Gasteiger partial charge in [-0.15, -0.1) is 11.3 Å². The van der Waals surface area contributed by atoms with Crippen LogP contribution in [0.25, 0.3) is 5.69 Å². The van der Waals surface area contributed by atoms with E-state index in [1.807, 2.05) is 29.1 Å². The number of benzene rings is 1. The van der Waals surface area contributed by atoms with Crippen molar-refractivity contribution in [1.82, 2.24) is 15.1 Å². The maximum Gasteiger partial charge on any atom is 0.0767 e. The zero-order valence-electron chi connectivity index (χ0n) is 11.4. The Bertz CT molecular complexity index is 643. The molecule has 0 saturated heterocycles. The number of para-hydroxylation sites is 1. The van der Waals surface area contributed by atoms with Crippen LogP contribution in [-0.2, 0) is 6.54 Å². The molecule has 0 bridgehead atoms. The quantitative estimate of drug-likeness (QED) is 0.772. The highest BCUT2D eigenvalue weighted by Gasteiger charge is 2.07. The third kappa shape index (κ3) is 2.98. The molecule has 0 unspecified atom stereocenters. The molecule has 1 aromatic carbocycles. The maximum atomic E-state index is 4.59. The number of nitrogens with zero attached hydrogens (tertiary/aromatic N) is 2. The van der Waals surface area contributed by atoms with Crippen molar-refractivity contribution in [3.63, 3.8) is 0 Å². The number of rotatable bonds is 5. The second-order valence-electron chi connectivity index (χ2n) is 4.71. The van der Waals surface area contributed by atoms with Gasteiger partial charge in [0.2, 0.25) is 0 Å². The number of hydrogen-bond acceptors (Lipinski definition) is 3. The second kappa shape index (κ2) is 6.03. The highest BCUT2D eigenvalue weighted by molar-refractivity contribution is 7.10. The minimum atomic E-state index is 0.358. The molecule has 3 aromatic rings. The number of aromatic nitrogens is 2. The highest BCUT2D eigenvalue weighted by atomic mass is 32.1. The van der Waals surface area contributed by atoms with Gasteiger partial charge >= 0.3 is 0 Å². The molecule has 0 amide bonds. The predicted molar refractivity (Wildman–Crippen MR) is 83.1 cm³/mol. The summed E-state index contributed by atoms with van der Waals surface area (Å²) in [7, 11) is 0. The van der Waals surface area contributed by atoms with Crippen molar-refractivity contribution in [3.05, 3.63) is 70.7 Å². The molecule has 0 aliphatic rings. The van der Waals surface area contributed by atoms with Crippen LogP contribution in [0.5, 0.6) is 0 Å². The van der Waals surface area contributed by atoms with Gasteiger partial charge in [-0.2, -0.15) is 5.10 Å². The Morgan fingerprint density at radius 3 is 2.75 bits per heavy atom. The van der Waals surface area contributed by atoms with Gasteiger partial charge < -0.3 is 5.32 Å². The molecule has 4 heteroatoms. The molecule has 1 N–H and O–H groups in total. The van der Waals surface area contributed by atoms with Gasteiger partial charge in [0.15, 0.2) is 0 Å². The monoisotopic (exact) mass is 283 g/mol. The van der Waals surface area contributed by atoms with Crippen molar-refractivity contribution < 1.29 is 0 Å². The molecule has 0 fully saturated rings. The van der Waals surface area contributed by atoms with Gasteiger partial charge in [0.05, 0.1) is 11.4 Å². The minimum absolute atomic E-state index is 0.358. The van der Waals surface area contributed by atoms with Crippen LogP contribution in [0.15, 0.2) is 60.1 Å². The first-order valence-electron chi connectivity index (χ1n) is 6.70. The fourth-order valence-electron chi connectivity index (χ4n) is 2.08. The van der Waals surface area contributed by atoms with Gasteiger partial charge in [0, 0.05) is 23.7 Å². The number of hydrogen-bond donors (Lipinski definition) is 1. The lowest BCUT2D eigenvalue weighted by Crippen LogP contribution is -2.17. The lowest BCUT2D eigenvalue weighted by Gasteiger charge is -2.10. The van der Waals surface area contributed by atoms with Crippen molar-refractivity contribution in [3.8, 4) is 5.69 Å². The van der Waals surface area contributed by atoms with E-state index >= 15 is 0 Å². The van der Waals surface area contributed by atoms with Gasteiger partial charge in [-0.25, -0.2) is 4.68 Å². The normalized spacial score (nSPS) is 12.4. The largest absolute Gasteiger partial charge is 0.304 e. The third-order valence-electron chi connectivity index (χ3n) is 3.22. The summed E-state index contributed by atoms with van der Waals surface area (Å²) in [6.45, 7) is 2.96. The summed E-state index contributed by atoms with van der Waals surface area (Å²) < 4.78 is 1.91. The van der Waals surface area contributed by atoms with Crippen LogP contribution in [0.1, 0.15) is 23.5 Å². The molecule has 0 aliphatic carbocycles. The molecular weight excluding hydrogens is 266 g/mol. The second-order valence-corrected chi connectivity index (χ2v) is 5.68. The lowest BCUT2D eigenvalue weighted by molar-refractivity contribution is 0.572. The van der Waals surface area contributed by atoms with Gasteiger partial charge in [-0.05, 0) is 36.6 Å².